The summed E-state index contributed by atoms with van der Waals surface area (Å²) < 4.78 is 23.6. The fourth-order valence-electron chi connectivity index (χ4n) is 2.25. The first-order valence-corrected chi connectivity index (χ1v) is 7.30. The molecule has 3 nitrogen and oxygen atoms in total. The van der Waals surface area contributed by atoms with Gasteiger partial charge in [-0.3, -0.25) is 0 Å². The number of carbonyl (C=O) groups excluding carboxylic acids is 1. The maximum absolute atomic E-state index is 13.0. The molecule has 0 aliphatic carbocycles. The Hall–Kier alpha value is -2.88. The van der Waals surface area contributed by atoms with E-state index < -0.39 is 5.97 Å². The standard InChI is InChI=1S/C19H15FO3/c1-2-22-17-9-3-13(4-10-17)11-15-12-18(23-19(15)21)14-5-7-16(20)8-6-14/h3-12H,2H2,1H3/b15-11+. The Labute approximate surface area is 133 Å². The molecule has 4 heteroatoms. The van der Waals surface area contributed by atoms with Crippen molar-refractivity contribution in [2.24, 2.45) is 0 Å². The average molecular weight is 310 g/mol. The van der Waals surface area contributed by atoms with Crippen LogP contribution < -0.4 is 4.74 Å². The monoisotopic (exact) mass is 310 g/mol. The molecule has 0 aromatic heterocycles. The van der Waals surface area contributed by atoms with Crippen LogP contribution in [0.5, 0.6) is 5.75 Å². The number of esters is 1. The molecule has 0 spiro atoms. The molecule has 0 saturated carbocycles. The molecule has 0 radical (unpaired) electrons. The minimum atomic E-state index is -0.418. The van der Waals surface area contributed by atoms with Crippen molar-refractivity contribution in [2.75, 3.05) is 6.61 Å². The lowest BCUT2D eigenvalue weighted by atomic mass is 10.1. The fourth-order valence-corrected chi connectivity index (χ4v) is 2.25. The summed E-state index contributed by atoms with van der Waals surface area (Å²) in [5.41, 5.74) is 1.99. The molecule has 0 N–H and O–H groups in total. The third kappa shape index (κ3) is 3.48. The third-order valence-corrected chi connectivity index (χ3v) is 3.37. The molecule has 2 aromatic carbocycles. The second-order valence-electron chi connectivity index (χ2n) is 5.01. The van der Waals surface area contributed by atoms with Gasteiger partial charge in [-0.1, -0.05) is 12.1 Å². The topological polar surface area (TPSA) is 35.5 Å². The molecule has 1 aliphatic rings. The maximum atomic E-state index is 13.0. The number of rotatable bonds is 4. The normalized spacial score (nSPS) is 15.5. The highest BCUT2D eigenvalue weighted by Crippen LogP contribution is 2.27. The summed E-state index contributed by atoms with van der Waals surface area (Å²) in [6.07, 6.45) is 3.40. The molecule has 0 bridgehead atoms. The molecule has 0 saturated heterocycles. The van der Waals surface area contributed by atoms with Crippen molar-refractivity contribution in [3.8, 4) is 5.75 Å². The highest BCUT2D eigenvalue weighted by Gasteiger charge is 2.21. The number of hydrogen-bond acceptors (Lipinski definition) is 3. The summed E-state index contributed by atoms with van der Waals surface area (Å²) >= 11 is 0. The van der Waals surface area contributed by atoms with Gasteiger partial charge < -0.3 is 9.47 Å². The van der Waals surface area contributed by atoms with Crippen LogP contribution in [0.1, 0.15) is 18.1 Å². The van der Waals surface area contributed by atoms with Gasteiger partial charge in [0.25, 0.3) is 0 Å². The number of carbonyl (C=O) groups is 1. The number of cyclic esters (lactones) is 1. The van der Waals surface area contributed by atoms with Gasteiger partial charge >= 0.3 is 5.97 Å². The average Bonchev–Trinajstić information content (AvgIpc) is 2.91. The SMILES string of the molecule is CCOc1ccc(/C=C2\C=C(c3ccc(F)cc3)OC2=O)cc1. The zero-order chi connectivity index (χ0) is 16.2. The van der Waals surface area contributed by atoms with E-state index in [0.717, 1.165) is 11.3 Å². The van der Waals surface area contributed by atoms with Crippen molar-refractivity contribution >= 4 is 17.8 Å². The van der Waals surface area contributed by atoms with Crippen molar-refractivity contribution in [2.45, 2.75) is 6.92 Å². The van der Waals surface area contributed by atoms with E-state index in [1.165, 1.54) is 12.1 Å². The van der Waals surface area contributed by atoms with Crippen LogP contribution in [0.4, 0.5) is 4.39 Å². The number of benzene rings is 2. The van der Waals surface area contributed by atoms with Crippen LogP contribution >= 0.6 is 0 Å². The molecular weight excluding hydrogens is 295 g/mol. The smallest absolute Gasteiger partial charge is 0.343 e. The van der Waals surface area contributed by atoms with Crippen LogP contribution in [-0.2, 0) is 9.53 Å². The van der Waals surface area contributed by atoms with Crippen LogP contribution in [0.3, 0.4) is 0 Å². The summed E-state index contributed by atoms with van der Waals surface area (Å²) in [4.78, 5) is 12.0. The largest absolute Gasteiger partial charge is 0.494 e. The lowest BCUT2D eigenvalue weighted by Gasteiger charge is -2.02. The van der Waals surface area contributed by atoms with E-state index >= 15 is 0 Å². The van der Waals surface area contributed by atoms with E-state index in [-0.39, 0.29) is 5.82 Å². The molecule has 1 heterocycles. The Balaban J connectivity index is 1.84. The van der Waals surface area contributed by atoms with Gasteiger partial charge in [0.2, 0.25) is 0 Å². The van der Waals surface area contributed by atoms with Crippen molar-refractivity contribution < 1.29 is 18.7 Å². The lowest BCUT2D eigenvalue weighted by molar-refractivity contribution is -0.130. The highest BCUT2D eigenvalue weighted by molar-refractivity contribution is 6.05. The first-order valence-electron chi connectivity index (χ1n) is 7.30. The van der Waals surface area contributed by atoms with Crippen molar-refractivity contribution in [3.63, 3.8) is 0 Å². The van der Waals surface area contributed by atoms with Crippen LogP contribution in [0.2, 0.25) is 0 Å². The Bertz CT molecular complexity index is 771. The van der Waals surface area contributed by atoms with E-state index in [1.54, 1.807) is 24.3 Å². The Kier molecular flexibility index (Phi) is 4.24. The molecule has 116 valence electrons. The second kappa shape index (κ2) is 6.48. The van der Waals surface area contributed by atoms with Crippen LogP contribution in [0.15, 0.2) is 60.2 Å². The van der Waals surface area contributed by atoms with Crippen molar-refractivity contribution in [3.05, 3.63) is 77.1 Å². The molecule has 3 rings (SSSR count). The van der Waals surface area contributed by atoms with Gasteiger partial charge in [0.05, 0.1) is 12.2 Å². The summed E-state index contributed by atoms with van der Waals surface area (Å²) in [6, 6.07) is 13.3. The first-order chi connectivity index (χ1) is 11.2. The zero-order valence-corrected chi connectivity index (χ0v) is 12.6. The molecule has 0 atom stereocenters. The quantitative estimate of drug-likeness (QED) is 0.627. The van der Waals surface area contributed by atoms with Crippen molar-refractivity contribution in [1.82, 2.24) is 0 Å². The number of hydrogen-bond donors (Lipinski definition) is 0. The Morgan fingerprint density at radius 2 is 1.78 bits per heavy atom. The van der Waals surface area contributed by atoms with Gasteiger partial charge in [0, 0.05) is 5.56 Å². The summed E-state index contributed by atoms with van der Waals surface area (Å²) in [5, 5.41) is 0. The molecule has 0 amide bonds. The second-order valence-corrected chi connectivity index (χ2v) is 5.01. The van der Waals surface area contributed by atoms with Gasteiger partial charge in [-0.15, -0.1) is 0 Å². The van der Waals surface area contributed by atoms with Gasteiger partial charge in [-0.2, -0.15) is 0 Å². The Morgan fingerprint density at radius 3 is 2.43 bits per heavy atom. The van der Waals surface area contributed by atoms with Gasteiger partial charge in [0.15, 0.2) is 0 Å². The van der Waals surface area contributed by atoms with Crippen LogP contribution in [-0.4, -0.2) is 12.6 Å². The molecule has 0 fully saturated rings. The van der Waals surface area contributed by atoms with Gasteiger partial charge in [-0.25, -0.2) is 9.18 Å². The molecule has 1 aliphatic heterocycles. The molecular formula is C19H15FO3. The first kappa shape index (κ1) is 15.0. The molecule has 23 heavy (non-hydrogen) atoms. The minimum absolute atomic E-state index is 0.330. The van der Waals surface area contributed by atoms with Gasteiger partial charge in [0.1, 0.15) is 17.3 Å². The molecule has 2 aromatic rings. The van der Waals surface area contributed by atoms with Gasteiger partial charge in [-0.05, 0) is 61.0 Å². The van der Waals surface area contributed by atoms with E-state index in [1.807, 2.05) is 31.2 Å². The van der Waals surface area contributed by atoms with Crippen LogP contribution in [0, 0.1) is 5.82 Å². The zero-order valence-electron chi connectivity index (χ0n) is 12.6. The van der Waals surface area contributed by atoms with E-state index in [2.05, 4.69) is 0 Å². The third-order valence-electron chi connectivity index (χ3n) is 3.37. The fraction of sp³-hybridized carbons (Fsp3) is 0.105. The molecule has 0 unspecified atom stereocenters. The maximum Gasteiger partial charge on any atom is 0.343 e. The van der Waals surface area contributed by atoms with Crippen LogP contribution in [0.25, 0.3) is 11.8 Å². The minimum Gasteiger partial charge on any atom is -0.494 e. The summed E-state index contributed by atoms with van der Waals surface area (Å²) in [5.74, 6) is 0.459. The predicted octanol–water partition coefficient (Wildman–Crippen LogP) is 4.21. The Morgan fingerprint density at radius 1 is 1.09 bits per heavy atom. The van der Waals surface area contributed by atoms with E-state index in [4.69, 9.17) is 9.47 Å². The lowest BCUT2D eigenvalue weighted by Crippen LogP contribution is -1.97. The van der Waals surface area contributed by atoms with Crippen molar-refractivity contribution in [1.29, 1.82) is 0 Å². The van der Waals surface area contributed by atoms with E-state index in [9.17, 15) is 9.18 Å². The predicted molar refractivity (Wildman–Crippen MR) is 86.1 cm³/mol. The highest BCUT2D eigenvalue weighted by atomic mass is 19.1. The number of halogens is 1. The summed E-state index contributed by atoms with van der Waals surface area (Å²) in [6.45, 7) is 2.53. The summed E-state index contributed by atoms with van der Waals surface area (Å²) in [7, 11) is 0. The number of ether oxygens (including phenoxy) is 2. The van der Waals surface area contributed by atoms with E-state index in [0.29, 0.717) is 23.5 Å².